The van der Waals surface area contributed by atoms with E-state index in [1.165, 1.54) is 67.6 Å². The van der Waals surface area contributed by atoms with Gasteiger partial charge >= 0.3 is 18.0 Å². The molecule has 666 valence electrons. The number of likely N-dealkylation sites (tertiary alicyclic amines) is 2. The number of aromatic nitrogens is 6. The highest BCUT2D eigenvalue weighted by Gasteiger charge is 2.40. The first kappa shape index (κ1) is 89.8. The van der Waals surface area contributed by atoms with Crippen molar-refractivity contribution < 1.29 is 33.4 Å². The molecule has 3 aromatic heterocycles. The topological polar surface area (TPSA) is 287 Å². The first-order valence-electron chi connectivity index (χ1n) is 44.8. The second-order valence-electron chi connectivity index (χ2n) is 35.5. The van der Waals surface area contributed by atoms with E-state index in [1.807, 2.05) is 14.1 Å². The maximum absolute atomic E-state index is 12.6. The monoisotopic (exact) mass is 1730 g/mol. The molecule has 5 saturated heterocycles. The van der Waals surface area contributed by atoms with Crippen molar-refractivity contribution in [3.05, 3.63) is 199 Å². The highest BCUT2D eigenvalue weighted by atomic mass is 16.5. The summed E-state index contributed by atoms with van der Waals surface area (Å²) in [5.41, 5.74) is 9.55. The molecule has 5 atom stereocenters. The van der Waals surface area contributed by atoms with Gasteiger partial charge in [-0.25, -0.2) is 0 Å². The second-order valence-corrected chi connectivity index (χ2v) is 35.5. The van der Waals surface area contributed by atoms with Crippen LogP contribution in [0.3, 0.4) is 0 Å². The third-order valence-electron chi connectivity index (χ3n) is 26.5. The molecule has 0 spiro atoms. The van der Waals surface area contributed by atoms with Gasteiger partial charge in [-0.2, -0.15) is 45.7 Å². The van der Waals surface area contributed by atoms with Crippen molar-refractivity contribution in [1.29, 1.82) is 15.8 Å². The van der Waals surface area contributed by atoms with Gasteiger partial charge in [-0.05, 0) is 139 Å². The lowest BCUT2D eigenvalue weighted by atomic mass is 10.0. The summed E-state index contributed by atoms with van der Waals surface area (Å²) in [5.74, 6) is 2.64. The molecule has 0 aliphatic carbocycles. The molecule has 0 N–H and O–H groups in total. The zero-order chi connectivity index (χ0) is 89.7. The summed E-state index contributed by atoms with van der Waals surface area (Å²) in [6.07, 6.45) is 10.1. The van der Waals surface area contributed by atoms with Crippen LogP contribution in [0.25, 0.3) is 32.3 Å². The number of carbonyl (C=O) groups is 4. The Morgan fingerprint density at radius 2 is 0.820 bits per heavy atom. The van der Waals surface area contributed by atoms with Crippen molar-refractivity contribution in [3.8, 4) is 36.2 Å². The zero-order valence-corrected chi connectivity index (χ0v) is 75.0. The van der Waals surface area contributed by atoms with Gasteiger partial charge in [0.1, 0.15) is 30.7 Å². The molecule has 29 nitrogen and oxygen atoms in total. The highest BCUT2D eigenvalue weighted by molar-refractivity contribution is 5.97. The number of piperazine rings is 3. The van der Waals surface area contributed by atoms with E-state index >= 15 is 0 Å². The van der Waals surface area contributed by atoms with E-state index in [4.69, 9.17) is 44.1 Å². The van der Waals surface area contributed by atoms with Crippen LogP contribution in [-0.4, -0.2) is 277 Å². The first-order chi connectivity index (χ1) is 62.1. The van der Waals surface area contributed by atoms with E-state index in [0.717, 1.165) is 129 Å². The average Bonchev–Trinajstić information content (AvgIpc) is 0.907. The lowest BCUT2D eigenvalue weighted by Gasteiger charge is -2.42. The van der Waals surface area contributed by atoms with Crippen molar-refractivity contribution >= 4 is 90.5 Å². The summed E-state index contributed by atoms with van der Waals surface area (Å²) in [7, 11) is 9.77. The number of rotatable bonds is 24. The largest absolute Gasteiger partial charge is 0.463 e. The molecule has 8 aliphatic rings. The van der Waals surface area contributed by atoms with Crippen LogP contribution in [0.4, 0.5) is 34.5 Å². The smallest absolute Gasteiger partial charge is 0.318 e. The number of benzene rings is 6. The third-order valence-corrected chi connectivity index (χ3v) is 26.5. The Hall–Kier alpha value is -13.0. The Labute approximate surface area is 751 Å². The van der Waals surface area contributed by atoms with Crippen molar-refractivity contribution in [2.45, 2.75) is 121 Å². The molecule has 6 aromatic carbocycles. The molecule has 17 rings (SSSR count). The molecular formula is C99H118N22O7. The molecule has 3 unspecified atom stereocenters. The molecule has 29 heteroatoms. The summed E-state index contributed by atoms with van der Waals surface area (Å²) in [6.45, 7) is 29.2. The standard InChI is InChI=1S/C35H42N8O3.C32H37N7O2.C32H39N7O2/c1-4-32(44)43-20-19-42(21-26(43)14-16-36)34-29-15-18-41(31-13-7-10-25-9-5-6-12-28(25)31)22-30(29)37-35(38-34)46-24-27-11-8-17-40(27)23-33(45)39(2)3;1-3-30(40)39-18-17-38(20-25(39)11-14-33)31-27-13-16-37(29-10-6-8-24-7-4-5-9-26(24)29)21-28(27)34-32(35-31)41-22-23-12-15-36(2)19-23;1-6-29(40)39-19-18-38(20-24(39)14-16-33)30-26-15-17-37(28-13-9-11-23-10-7-8-12-25(23)28)21-27(26)34-31(35-30)41-22-32(2,3)36(4)5/h4-7,9-10,12-13,26-27H,1,8,11,14-15,17-24H2,2-3H3;3-10,23,25H,1,11-13,15-22H2,2H3;6-13,24H,1,14-15,17-22H2,2-5H3/t26?,27-;23-,25?;/m00./s1. The quantitative estimate of drug-likeness (QED) is 0.0508. The van der Waals surface area contributed by atoms with Gasteiger partial charge in [0.15, 0.2) is 0 Å². The predicted molar refractivity (Wildman–Crippen MR) is 500 cm³/mol. The minimum Gasteiger partial charge on any atom is -0.463 e. The van der Waals surface area contributed by atoms with Crippen LogP contribution >= 0.6 is 0 Å². The molecule has 5 fully saturated rings. The lowest BCUT2D eigenvalue weighted by Crippen LogP contribution is -2.55. The minimum atomic E-state index is -0.267. The SMILES string of the molecule is C=CC(=O)N1CCN(c2nc(OCC(C)(C)N(C)C)nc3c2CCN(c2cccc4ccccc24)C3)CC1CC#N.C=CC(=O)N1CCN(c2nc(OC[C@@H]3CCCN3CC(=O)N(C)C)nc3c2CCN(c2cccc4ccccc24)C3)CC1CC#N.C=CC(=O)N1CCN(c2nc(OC[C@H]3CCN(C)C3)nc3c2CCN(c2cccc4ccccc24)C3)CC1CC#N. The van der Waals surface area contributed by atoms with Gasteiger partial charge in [0.25, 0.3) is 0 Å². The maximum Gasteiger partial charge on any atom is 0.318 e. The lowest BCUT2D eigenvalue weighted by molar-refractivity contribution is -0.130. The number of amides is 4. The van der Waals surface area contributed by atoms with Crippen LogP contribution in [0.2, 0.25) is 0 Å². The van der Waals surface area contributed by atoms with Gasteiger partial charge in [0.2, 0.25) is 23.6 Å². The number of hydrogen-bond acceptors (Lipinski definition) is 25. The van der Waals surface area contributed by atoms with Crippen LogP contribution in [0.15, 0.2) is 165 Å². The van der Waals surface area contributed by atoms with E-state index in [0.29, 0.717) is 129 Å². The molecule has 0 bridgehead atoms. The van der Waals surface area contributed by atoms with Crippen molar-refractivity contribution in [3.63, 3.8) is 0 Å². The molecular weight excluding hydrogens is 1610 g/mol. The number of anilines is 6. The maximum atomic E-state index is 12.6. The molecule has 128 heavy (non-hydrogen) atoms. The number of nitrogens with zero attached hydrogens (tertiary/aromatic N) is 22. The van der Waals surface area contributed by atoms with E-state index in [9.17, 15) is 35.0 Å². The van der Waals surface area contributed by atoms with Gasteiger partial charge in [-0.3, -0.25) is 24.1 Å². The Morgan fingerprint density at radius 3 is 1.18 bits per heavy atom. The normalized spacial score (nSPS) is 19.4. The van der Waals surface area contributed by atoms with Crippen LogP contribution in [0, 0.1) is 39.9 Å². The van der Waals surface area contributed by atoms with Crippen LogP contribution in [-0.2, 0) is 58.1 Å². The summed E-state index contributed by atoms with van der Waals surface area (Å²) >= 11 is 0. The Kier molecular flexibility index (Phi) is 28.6. The zero-order valence-electron chi connectivity index (χ0n) is 75.0. The molecule has 0 saturated carbocycles. The van der Waals surface area contributed by atoms with Crippen LogP contribution < -0.4 is 43.6 Å². The van der Waals surface area contributed by atoms with E-state index < -0.39 is 0 Å². The molecule has 11 heterocycles. The molecule has 9 aromatic rings. The summed E-state index contributed by atoms with van der Waals surface area (Å²) in [4.78, 5) is 107. The van der Waals surface area contributed by atoms with E-state index in [2.05, 4.69) is 230 Å². The Morgan fingerprint density at radius 1 is 0.445 bits per heavy atom. The number of fused-ring (bicyclic) bond motifs is 6. The minimum absolute atomic E-state index is 0.0775. The highest BCUT2D eigenvalue weighted by Crippen LogP contribution is 2.41. The third kappa shape index (κ3) is 20.3. The Bertz CT molecular complexity index is 5690. The van der Waals surface area contributed by atoms with E-state index in [-0.39, 0.29) is 72.6 Å². The van der Waals surface area contributed by atoms with Crippen molar-refractivity contribution in [2.24, 2.45) is 5.92 Å². The first-order valence-corrected chi connectivity index (χ1v) is 44.8. The number of carbonyl (C=O) groups excluding carboxylic acids is 4. The molecule has 8 aliphatic heterocycles. The van der Waals surface area contributed by atoms with Crippen LogP contribution in [0.5, 0.6) is 18.0 Å². The van der Waals surface area contributed by atoms with Gasteiger partial charge < -0.3 is 73.0 Å². The van der Waals surface area contributed by atoms with Gasteiger partial charge in [0.05, 0.1) is 105 Å². The van der Waals surface area contributed by atoms with Crippen molar-refractivity contribution in [2.75, 3.05) is 189 Å². The fourth-order valence-electron chi connectivity index (χ4n) is 18.9. The van der Waals surface area contributed by atoms with Gasteiger partial charge in [0, 0.05) is 167 Å². The van der Waals surface area contributed by atoms with Gasteiger partial charge in [-0.15, -0.1) is 0 Å². The molecule has 4 amide bonds. The predicted octanol–water partition coefficient (Wildman–Crippen LogP) is 10.9. The summed E-state index contributed by atoms with van der Waals surface area (Å²) in [5, 5.41) is 35.9. The van der Waals surface area contributed by atoms with E-state index in [1.54, 1.807) is 33.7 Å². The average molecular weight is 1730 g/mol. The summed E-state index contributed by atoms with van der Waals surface area (Å²) in [6, 6.07) is 51.9. The number of likely N-dealkylation sites (N-methyl/N-ethyl adjacent to an activating group) is 2. The fraction of sp³-hybridized carbons (Fsp3) is 0.444. The number of hydrogen-bond donors (Lipinski definition) is 0. The summed E-state index contributed by atoms with van der Waals surface area (Å²) < 4.78 is 18.9. The Balaban J connectivity index is 0.000000148. The number of ether oxygens (including phenoxy) is 3. The van der Waals surface area contributed by atoms with Crippen LogP contribution in [0.1, 0.15) is 86.1 Å². The second kappa shape index (κ2) is 40.7. The number of nitriles is 3. The van der Waals surface area contributed by atoms with Crippen molar-refractivity contribution in [1.82, 2.24) is 64.2 Å². The van der Waals surface area contributed by atoms with Gasteiger partial charge in [-0.1, -0.05) is 129 Å². The fourth-order valence-corrected chi connectivity index (χ4v) is 18.9. The molecule has 0 radical (unpaired) electrons.